The van der Waals surface area contributed by atoms with Crippen LogP contribution < -0.4 is 0 Å². The molecule has 0 aliphatic rings. The molecule has 0 nitrogen and oxygen atoms in total. The molecule has 0 amide bonds. The maximum Gasteiger partial charge on any atom is -0.00212 e. The first-order chi connectivity index (χ1) is 4.93. The van der Waals surface area contributed by atoms with Crippen molar-refractivity contribution in [3.63, 3.8) is 0 Å². The molecule has 0 saturated heterocycles. The van der Waals surface area contributed by atoms with Crippen molar-refractivity contribution >= 4 is 0 Å². The zero-order chi connectivity index (χ0) is 7.23. The number of hydrogen-bond acceptors (Lipinski definition) is 0. The summed E-state index contributed by atoms with van der Waals surface area (Å²) in [6, 6.07) is 10.2. The maximum absolute atomic E-state index is 5.07. The molecule has 0 fully saturated rings. The van der Waals surface area contributed by atoms with Gasteiger partial charge in [0.25, 0.3) is 0 Å². The van der Waals surface area contributed by atoms with E-state index < -0.39 is 0 Å². The van der Waals surface area contributed by atoms with E-state index in [1.54, 1.807) is 0 Å². The van der Waals surface area contributed by atoms with Crippen LogP contribution in [-0.2, 0) is 6.42 Å². The summed E-state index contributed by atoms with van der Waals surface area (Å²) in [5, 5.41) is 0. The molecule has 0 atom stereocenters. The molecule has 1 radical (unpaired) electrons. The van der Waals surface area contributed by atoms with Crippen LogP contribution in [0.25, 0.3) is 0 Å². The van der Waals surface area contributed by atoms with Crippen molar-refractivity contribution in [3.05, 3.63) is 54.3 Å². The van der Waals surface area contributed by atoms with Crippen molar-refractivity contribution in [3.8, 4) is 0 Å². The fourth-order valence-corrected chi connectivity index (χ4v) is 0.791. The second-order valence-corrected chi connectivity index (χ2v) is 2.06. The molecule has 0 spiro atoms. The molecule has 0 N–H and O–H groups in total. The van der Waals surface area contributed by atoms with E-state index in [4.69, 9.17) is 6.58 Å². The number of hydrogen-bond donors (Lipinski definition) is 0. The SMILES string of the molecule is [CH]=C=CCc1ccccc1. The van der Waals surface area contributed by atoms with E-state index >= 15 is 0 Å². The van der Waals surface area contributed by atoms with Crippen LogP contribution in [0.2, 0.25) is 0 Å². The van der Waals surface area contributed by atoms with Crippen molar-refractivity contribution in [2.75, 3.05) is 0 Å². The summed E-state index contributed by atoms with van der Waals surface area (Å²) in [7, 11) is 0. The minimum atomic E-state index is 0.872. The third-order valence-electron chi connectivity index (χ3n) is 1.30. The molecule has 0 heteroatoms. The van der Waals surface area contributed by atoms with Gasteiger partial charge in [-0.3, -0.25) is 0 Å². The van der Waals surface area contributed by atoms with Gasteiger partial charge in [-0.25, -0.2) is 0 Å². The van der Waals surface area contributed by atoms with E-state index in [2.05, 4.69) is 17.9 Å². The van der Waals surface area contributed by atoms with E-state index in [9.17, 15) is 0 Å². The molecular formula is C10H9. The fourth-order valence-electron chi connectivity index (χ4n) is 0.791. The van der Waals surface area contributed by atoms with Crippen LogP contribution in [0.15, 0.2) is 42.1 Å². The molecule has 1 rings (SSSR count). The summed E-state index contributed by atoms with van der Waals surface area (Å²) in [6.07, 6.45) is 2.69. The Hall–Kier alpha value is -1.26. The lowest BCUT2D eigenvalue weighted by molar-refractivity contribution is 1.28. The third-order valence-corrected chi connectivity index (χ3v) is 1.30. The molecular weight excluding hydrogens is 120 g/mol. The minimum absolute atomic E-state index is 0.872. The highest BCUT2D eigenvalue weighted by Gasteiger charge is 1.83. The van der Waals surface area contributed by atoms with E-state index in [1.165, 1.54) is 5.56 Å². The molecule has 0 saturated carbocycles. The molecule has 1 aromatic carbocycles. The smallest absolute Gasteiger partial charge is 0.00212 e. The molecule has 0 aliphatic carbocycles. The van der Waals surface area contributed by atoms with Crippen LogP contribution in [0.4, 0.5) is 0 Å². The predicted molar refractivity (Wildman–Crippen MR) is 42.5 cm³/mol. The number of rotatable bonds is 2. The Morgan fingerprint density at radius 2 is 2.00 bits per heavy atom. The van der Waals surface area contributed by atoms with Gasteiger partial charge in [0.15, 0.2) is 0 Å². The van der Waals surface area contributed by atoms with Gasteiger partial charge in [0, 0.05) is 0 Å². The summed E-state index contributed by atoms with van der Waals surface area (Å²) in [6.45, 7) is 5.07. The van der Waals surface area contributed by atoms with Gasteiger partial charge in [-0.1, -0.05) is 30.3 Å². The normalized spacial score (nSPS) is 8.40. The Morgan fingerprint density at radius 1 is 1.30 bits per heavy atom. The molecule has 0 aliphatic heterocycles. The molecule has 0 bridgehead atoms. The second-order valence-electron chi connectivity index (χ2n) is 2.06. The summed E-state index contributed by atoms with van der Waals surface area (Å²) in [5.41, 5.74) is 3.76. The highest BCUT2D eigenvalue weighted by atomic mass is 13.9. The standard InChI is InChI=1S/C10H9/c1-2-3-7-10-8-5-4-6-9-10/h1,3-6,8-9H,7H2. The minimum Gasteiger partial charge on any atom is -0.124 e. The zero-order valence-electron chi connectivity index (χ0n) is 5.75. The predicted octanol–water partition coefficient (Wildman–Crippen LogP) is 2.37. The van der Waals surface area contributed by atoms with Crippen molar-refractivity contribution in [2.45, 2.75) is 6.42 Å². The van der Waals surface area contributed by atoms with E-state index in [0.717, 1.165) is 6.42 Å². The molecule has 1 aromatic rings. The first-order valence-electron chi connectivity index (χ1n) is 3.25. The van der Waals surface area contributed by atoms with Crippen LogP contribution in [0.5, 0.6) is 0 Å². The van der Waals surface area contributed by atoms with Crippen molar-refractivity contribution in [1.82, 2.24) is 0 Å². The first-order valence-corrected chi connectivity index (χ1v) is 3.25. The fraction of sp³-hybridized carbons (Fsp3) is 0.100. The zero-order valence-corrected chi connectivity index (χ0v) is 5.75. The van der Waals surface area contributed by atoms with Gasteiger partial charge in [0.2, 0.25) is 0 Å². The third kappa shape index (κ3) is 1.93. The van der Waals surface area contributed by atoms with Gasteiger partial charge >= 0.3 is 0 Å². The average molecular weight is 129 g/mol. The van der Waals surface area contributed by atoms with E-state index in [0.29, 0.717) is 0 Å². The van der Waals surface area contributed by atoms with Gasteiger partial charge in [-0.2, -0.15) is 0 Å². The summed E-state index contributed by atoms with van der Waals surface area (Å²) in [4.78, 5) is 0. The van der Waals surface area contributed by atoms with Crippen LogP contribution in [0, 0.1) is 6.58 Å². The molecule has 10 heavy (non-hydrogen) atoms. The largest absolute Gasteiger partial charge is 0.124 e. The first kappa shape index (κ1) is 6.85. The second kappa shape index (κ2) is 3.71. The van der Waals surface area contributed by atoms with Crippen LogP contribution >= 0.6 is 0 Å². The van der Waals surface area contributed by atoms with Crippen molar-refractivity contribution in [2.24, 2.45) is 0 Å². The number of benzene rings is 1. The Bertz CT molecular complexity index is 227. The highest BCUT2D eigenvalue weighted by Crippen LogP contribution is 1.98. The number of allylic oxidation sites excluding steroid dienone is 1. The Kier molecular flexibility index (Phi) is 2.54. The average Bonchev–Trinajstić information content (AvgIpc) is 2.03. The van der Waals surface area contributed by atoms with Gasteiger partial charge in [-0.05, 0) is 24.6 Å². The van der Waals surface area contributed by atoms with Crippen LogP contribution in [0.3, 0.4) is 0 Å². The lowest BCUT2D eigenvalue weighted by Crippen LogP contribution is -1.76. The summed E-state index contributed by atoms with van der Waals surface area (Å²) < 4.78 is 0. The van der Waals surface area contributed by atoms with Gasteiger partial charge in [0.1, 0.15) is 0 Å². The van der Waals surface area contributed by atoms with Crippen molar-refractivity contribution in [1.29, 1.82) is 0 Å². The maximum atomic E-state index is 5.07. The summed E-state index contributed by atoms with van der Waals surface area (Å²) >= 11 is 0. The van der Waals surface area contributed by atoms with Gasteiger partial charge in [-0.15, -0.1) is 5.73 Å². The van der Waals surface area contributed by atoms with E-state index in [-0.39, 0.29) is 0 Å². The topological polar surface area (TPSA) is 0 Å². The van der Waals surface area contributed by atoms with Crippen molar-refractivity contribution < 1.29 is 0 Å². The lowest BCUT2D eigenvalue weighted by Gasteiger charge is -1.90. The molecule has 0 aromatic heterocycles. The monoisotopic (exact) mass is 129 g/mol. The van der Waals surface area contributed by atoms with Gasteiger partial charge < -0.3 is 0 Å². The Labute approximate surface area is 61.5 Å². The molecule has 0 unspecified atom stereocenters. The highest BCUT2D eigenvalue weighted by molar-refractivity contribution is 5.16. The van der Waals surface area contributed by atoms with E-state index in [1.807, 2.05) is 24.3 Å². The Morgan fingerprint density at radius 3 is 2.60 bits per heavy atom. The summed E-state index contributed by atoms with van der Waals surface area (Å²) in [5.74, 6) is 0. The quantitative estimate of drug-likeness (QED) is 0.538. The molecule has 49 valence electrons. The molecule has 0 heterocycles. The van der Waals surface area contributed by atoms with Crippen LogP contribution in [-0.4, -0.2) is 0 Å². The van der Waals surface area contributed by atoms with Gasteiger partial charge in [0.05, 0.1) is 0 Å². The van der Waals surface area contributed by atoms with Crippen LogP contribution in [0.1, 0.15) is 5.56 Å². The lowest BCUT2D eigenvalue weighted by atomic mass is 10.1. The Balaban J connectivity index is 2.67.